The number of rotatable bonds is 4. The van der Waals surface area contributed by atoms with Crippen LogP contribution in [0.2, 0.25) is 0 Å². The Balaban J connectivity index is 1.79. The molecule has 0 unspecified atom stereocenters. The van der Waals surface area contributed by atoms with Crippen molar-refractivity contribution in [3.8, 4) is 5.75 Å². The van der Waals surface area contributed by atoms with Crippen LogP contribution in [0.1, 0.15) is 16.1 Å². The lowest BCUT2D eigenvalue weighted by atomic mass is 10.2. The van der Waals surface area contributed by atoms with Gasteiger partial charge in [-0.1, -0.05) is 12.1 Å². The van der Waals surface area contributed by atoms with Crippen molar-refractivity contribution in [1.29, 1.82) is 0 Å². The van der Waals surface area contributed by atoms with E-state index in [0.717, 1.165) is 22.2 Å². The molecule has 5 heteroatoms. The quantitative estimate of drug-likeness (QED) is 0.772. The van der Waals surface area contributed by atoms with Crippen molar-refractivity contribution >= 4 is 16.8 Å². The molecule has 0 radical (unpaired) electrons. The lowest BCUT2D eigenvalue weighted by Gasteiger charge is -2.02. The van der Waals surface area contributed by atoms with Crippen molar-refractivity contribution < 1.29 is 9.53 Å². The maximum absolute atomic E-state index is 12.2. The number of hydrogen-bond acceptors (Lipinski definition) is 3. The maximum Gasteiger partial charge on any atom is 0.268 e. The van der Waals surface area contributed by atoms with Crippen LogP contribution < -0.4 is 10.1 Å². The third-order valence-electron chi connectivity index (χ3n) is 3.26. The van der Waals surface area contributed by atoms with E-state index in [4.69, 9.17) is 4.74 Å². The number of aromatic amines is 1. The zero-order valence-corrected chi connectivity index (χ0v) is 11.6. The smallest absolute Gasteiger partial charge is 0.268 e. The number of ether oxygens (including phenoxy) is 1. The van der Waals surface area contributed by atoms with Gasteiger partial charge in [0.05, 0.1) is 7.11 Å². The lowest BCUT2D eigenvalue weighted by molar-refractivity contribution is 0.0946. The summed E-state index contributed by atoms with van der Waals surface area (Å²) in [4.78, 5) is 19.3. The van der Waals surface area contributed by atoms with E-state index in [1.165, 1.54) is 0 Å². The average molecular weight is 281 g/mol. The van der Waals surface area contributed by atoms with Gasteiger partial charge in [0.15, 0.2) is 0 Å². The number of pyridine rings is 1. The molecule has 5 nitrogen and oxygen atoms in total. The Morgan fingerprint density at radius 3 is 3.00 bits per heavy atom. The Morgan fingerprint density at radius 1 is 1.33 bits per heavy atom. The Morgan fingerprint density at radius 2 is 2.24 bits per heavy atom. The molecule has 0 atom stereocenters. The molecule has 0 saturated heterocycles. The normalized spacial score (nSPS) is 10.5. The fraction of sp³-hybridized carbons (Fsp3) is 0.125. The molecule has 3 rings (SSSR count). The highest BCUT2D eigenvalue weighted by Crippen LogP contribution is 2.25. The first kappa shape index (κ1) is 13.2. The Kier molecular flexibility index (Phi) is 3.55. The SMILES string of the molecule is COc1cccc2[nH]c(C(=O)NCc3cccnc3)cc12. The molecule has 2 aromatic heterocycles. The molecule has 0 spiro atoms. The maximum atomic E-state index is 12.2. The molecule has 2 N–H and O–H groups in total. The predicted octanol–water partition coefficient (Wildman–Crippen LogP) is 2.50. The number of methoxy groups -OCH3 is 1. The minimum absolute atomic E-state index is 0.155. The molecule has 1 aromatic carbocycles. The Bertz CT molecular complexity index is 766. The van der Waals surface area contributed by atoms with Crippen LogP contribution in [0, 0.1) is 0 Å². The number of hydrogen-bond donors (Lipinski definition) is 2. The summed E-state index contributed by atoms with van der Waals surface area (Å²) in [5, 5.41) is 3.76. The van der Waals surface area contributed by atoms with Gasteiger partial charge in [0.25, 0.3) is 5.91 Å². The first-order valence-corrected chi connectivity index (χ1v) is 6.61. The summed E-state index contributed by atoms with van der Waals surface area (Å²) in [5.41, 5.74) is 2.35. The number of benzene rings is 1. The van der Waals surface area contributed by atoms with E-state index in [0.29, 0.717) is 12.2 Å². The van der Waals surface area contributed by atoms with Gasteiger partial charge in [-0.2, -0.15) is 0 Å². The standard InChI is InChI=1S/C16H15N3O2/c1-21-15-6-2-5-13-12(15)8-14(19-13)16(20)18-10-11-4-3-7-17-9-11/h2-9,19H,10H2,1H3,(H,18,20). The summed E-state index contributed by atoms with van der Waals surface area (Å²) in [6.45, 7) is 0.444. The van der Waals surface area contributed by atoms with Gasteiger partial charge in [-0.15, -0.1) is 0 Å². The van der Waals surface area contributed by atoms with Crippen LogP contribution in [0.5, 0.6) is 5.75 Å². The highest BCUT2D eigenvalue weighted by Gasteiger charge is 2.11. The predicted molar refractivity (Wildman–Crippen MR) is 80.3 cm³/mol. The number of carbonyl (C=O) groups is 1. The van der Waals surface area contributed by atoms with E-state index in [-0.39, 0.29) is 5.91 Å². The van der Waals surface area contributed by atoms with E-state index in [1.54, 1.807) is 25.6 Å². The molecule has 21 heavy (non-hydrogen) atoms. The fourth-order valence-electron chi connectivity index (χ4n) is 2.21. The summed E-state index contributed by atoms with van der Waals surface area (Å²) < 4.78 is 5.29. The molecule has 0 fully saturated rings. The van der Waals surface area contributed by atoms with Crippen molar-refractivity contribution in [3.63, 3.8) is 0 Å². The third-order valence-corrected chi connectivity index (χ3v) is 3.26. The van der Waals surface area contributed by atoms with Gasteiger partial charge in [-0.25, -0.2) is 0 Å². The molecular weight excluding hydrogens is 266 g/mol. The first-order valence-electron chi connectivity index (χ1n) is 6.61. The van der Waals surface area contributed by atoms with Crippen molar-refractivity contribution in [2.45, 2.75) is 6.54 Å². The van der Waals surface area contributed by atoms with Crippen LogP contribution in [0.25, 0.3) is 10.9 Å². The van der Waals surface area contributed by atoms with Crippen LogP contribution >= 0.6 is 0 Å². The van der Waals surface area contributed by atoms with Crippen LogP contribution in [-0.2, 0) is 6.54 Å². The van der Waals surface area contributed by atoms with Crippen LogP contribution in [0.15, 0.2) is 48.8 Å². The highest BCUT2D eigenvalue weighted by molar-refractivity contribution is 5.99. The minimum Gasteiger partial charge on any atom is -0.496 e. The van der Waals surface area contributed by atoms with Gasteiger partial charge in [-0.3, -0.25) is 9.78 Å². The van der Waals surface area contributed by atoms with Crippen molar-refractivity contribution in [1.82, 2.24) is 15.3 Å². The van der Waals surface area contributed by atoms with Crippen molar-refractivity contribution in [2.24, 2.45) is 0 Å². The Hall–Kier alpha value is -2.82. The van der Waals surface area contributed by atoms with Gasteiger partial charge >= 0.3 is 0 Å². The summed E-state index contributed by atoms with van der Waals surface area (Å²) in [6, 6.07) is 11.2. The Labute approximate surface area is 122 Å². The molecule has 0 aliphatic heterocycles. The number of amides is 1. The van der Waals surface area contributed by atoms with E-state index < -0.39 is 0 Å². The lowest BCUT2D eigenvalue weighted by Crippen LogP contribution is -2.23. The summed E-state index contributed by atoms with van der Waals surface area (Å²) in [7, 11) is 1.62. The number of nitrogens with one attached hydrogen (secondary N) is 2. The zero-order chi connectivity index (χ0) is 14.7. The summed E-state index contributed by atoms with van der Waals surface area (Å²) in [5.74, 6) is 0.590. The molecule has 0 aliphatic rings. The minimum atomic E-state index is -0.155. The molecular formula is C16H15N3O2. The zero-order valence-electron chi connectivity index (χ0n) is 11.6. The summed E-state index contributed by atoms with van der Waals surface area (Å²) in [6.07, 6.45) is 3.43. The molecule has 0 saturated carbocycles. The van der Waals surface area contributed by atoms with Crippen molar-refractivity contribution in [3.05, 3.63) is 60.0 Å². The average Bonchev–Trinajstić information content (AvgIpc) is 2.97. The third kappa shape index (κ3) is 2.72. The van der Waals surface area contributed by atoms with E-state index in [9.17, 15) is 4.79 Å². The summed E-state index contributed by atoms with van der Waals surface area (Å²) >= 11 is 0. The van der Waals surface area contributed by atoms with E-state index >= 15 is 0 Å². The molecule has 2 heterocycles. The number of H-pyrrole nitrogens is 1. The monoisotopic (exact) mass is 281 g/mol. The van der Waals surface area contributed by atoms with Gasteiger partial charge < -0.3 is 15.0 Å². The second-order valence-corrected chi connectivity index (χ2v) is 4.65. The molecule has 3 aromatic rings. The topological polar surface area (TPSA) is 67.0 Å². The van der Waals surface area contributed by atoms with Gasteiger partial charge in [0, 0.05) is 29.8 Å². The molecule has 0 bridgehead atoms. The molecule has 1 amide bonds. The molecule has 0 aliphatic carbocycles. The number of carbonyl (C=O) groups excluding carboxylic acids is 1. The van der Waals surface area contributed by atoms with E-state index in [2.05, 4.69) is 15.3 Å². The van der Waals surface area contributed by atoms with Gasteiger partial charge in [-0.05, 0) is 29.8 Å². The van der Waals surface area contributed by atoms with Crippen LogP contribution in [0.4, 0.5) is 0 Å². The second kappa shape index (κ2) is 5.66. The largest absolute Gasteiger partial charge is 0.496 e. The first-order chi connectivity index (χ1) is 10.3. The van der Waals surface area contributed by atoms with Crippen molar-refractivity contribution in [2.75, 3.05) is 7.11 Å². The highest BCUT2D eigenvalue weighted by atomic mass is 16.5. The van der Waals surface area contributed by atoms with E-state index in [1.807, 2.05) is 30.3 Å². The number of nitrogens with zero attached hydrogens (tertiary/aromatic N) is 1. The van der Waals surface area contributed by atoms with Gasteiger partial charge in [0.2, 0.25) is 0 Å². The molecule has 106 valence electrons. The fourth-order valence-corrected chi connectivity index (χ4v) is 2.21. The van der Waals surface area contributed by atoms with Crippen LogP contribution in [-0.4, -0.2) is 23.0 Å². The van der Waals surface area contributed by atoms with Gasteiger partial charge in [0.1, 0.15) is 11.4 Å². The second-order valence-electron chi connectivity index (χ2n) is 4.65. The van der Waals surface area contributed by atoms with Crippen LogP contribution in [0.3, 0.4) is 0 Å². The number of aromatic nitrogens is 2. The number of fused-ring (bicyclic) bond motifs is 1.